The van der Waals surface area contributed by atoms with Gasteiger partial charge in [0, 0.05) is 0 Å². The number of ether oxygens (including phenoxy) is 2. The van der Waals surface area contributed by atoms with Gasteiger partial charge < -0.3 is 9.47 Å². The monoisotopic (exact) mass is 272 g/mol. The van der Waals surface area contributed by atoms with E-state index in [4.69, 9.17) is 14.5 Å². The van der Waals surface area contributed by atoms with Gasteiger partial charge in [-0.2, -0.15) is 0 Å². The van der Waals surface area contributed by atoms with Crippen LogP contribution in [0.2, 0.25) is 0 Å². The highest BCUT2D eigenvalue weighted by Crippen LogP contribution is 2.28. The van der Waals surface area contributed by atoms with Gasteiger partial charge in [0.05, 0.1) is 12.6 Å². The van der Waals surface area contributed by atoms with Crippen molar-refractivity contribution >= 4 is 11.8 Å². The van der Waals surface area contributed by atoms with Gasteiger partial charge in [0.2, 0.25) is 0 Å². The summed E-state index contributed by atoms with van der Waals surface area (Å²) in [5.74, 6) is 1.50. The van der Waals surface area contributed by atoms with Crippen molar-refractivity contribution < 1.29 is 9.47 Å². The second kappa shape index (κ2) is 5.27. The lowest BCUT2D eigenvalue weighted by atomic mass is 9.93. The third-order valence-corrected chi connectivity index (χ3v) is 3.68. The largest absolute Gasteiger partial charge is 0.478 e. The molecule has 2 aliphatic heterocycles. The molecule has 0 fully saturated rings. The highest BCUT2D eigenvalue weighted by atomic mass is 16.5. The van der Waals surface area contributed by atoms with Crippen molar-refractivity contribution in [3.8, 4) is 0 Å². The SMILES string of the molecule is CC(C)(C1=NCCO1)C1=NC(Cc2ccccc2)CO1. The van der Waals surface area contributed by atoms with E-state index in [9.17, 15) is 0 Å². The molecule has 0 N–H and O–H groups in total. The second-order valence-corrected chi connectivity index (χ2v) is 5.75. The molecule has 1 aromatic carbocycles. The molecule has 0 bridgehead atoms. The Balaban J connectivity index is 1.71. The fourth-order valence-electron chi connectivity index (χ4n) is 2.55. The van der Waals surface area contributed by atoms with Crippen molar-refractivity contribution in [2.24, 2.45) is 15.4 Å². The van der Waals surface area contributed by atoms with Gasteiger partial charge in [0.1, 0.15) is 18.6 Å². The van der Waals surface area contributed by atoms with Crippen LogP contribution >= 0.6 is 0 Å². The van der Waals surface area contributed by atoms with Crippen molar-refractivity contribution in [3.63, 3.8) is 0 Å². The van der Waals surface area contributed by atoms with Gasteiger partial charge in [-0.15, -0.1) is 0 Å². The molecule has 3 rings (SSSR count). The molecule has 4 heteroatoms. The summed E-state index contributed by atoms with van der Waals surface area (Å²) in [5.41, 5.74) is 0.931. The van der Waals surface area contributed by atoms with Crippen LogP contribution in [0.3, 0.4) is 0 Å². The minimum atomic E-state index is -0.359. The Morgan fingerprint density at radius 3 is 2.65 bits per heavy atom. The van der Waals surface area contributed by atoms with E-state index in [-0.39, 0.29) is 11.5 Å². The molecular formula is C16H20N2O2. The van der Waals surface area contributed by atoms with E-state index in [1.165, 1.54) is 5.56 Å². The number of nitrogens with zero attached hydrogens (tertiary/aromatic N) is 2. The Morgan fingerprint density at radius 2 is 1.95 bits per heavy atom. The highest BCUT2D eigenvalue weighted by molar-refractivity contribution is 6.05. The van der Waals surface area contributed by atoms with Crippen LogP contribution in [-0.2, 0) is 15.9 Å². The van der Waals surface area contributed by atoms with Crippen LogP contribution in [0.15, 0.2) is 40.3 Å². The van der Waals surface area contributed by atoms with Crippen molar-refractivity contribution in [1.29, 1.82) is 0 Å². The van der Waals surface area contributed by atoms with Gasteiger partial charge in [0.15, 0.2) is 11.8 Å². The lowest BCUT2D eigenvalue weighted by molar-refractivity contribution is 0.271. The fraction of sp³-hybridized carbons (Fsp3) is 0.500. The molecule has 1 unspecified atom stereocenters. The first-order chi connectivity index (χ1) is 9.66. The number of hydrogen-bond donors (Lipinski definition) is 0. The maximum absolute atomic E-state index is 5.80. The summed E-state index contributed by atoms with van der Waals surface area (Å²) in [4.78, 5) is 9.13. The quantitative estimate of drug-likeness (QED) is 0.845. The Kier molecular flexibility index (Phi) is 3.47. The molecule has 0 amide bonds. The van der Waals surface area contributed by atoms with Crippen LogP contribution in [0.4, 0.5) is 0 Å². The molecule has 106 valence electrons. The van der Waals surface area contributed by atoms with Crippen LogP contribution in [0.1, 0.15) is 19.4 Å². The molecule has 0 saturated heterocycles. The topological polar surface area (TPSA) is 43.2 Å². The molecular weight excluding hydrogens is 252 g/mol. The van der Waals surface area contributed by atoms with Crippen molar-refractivity contribution in [1.82, 2.24) is 0 Å². The zero-order valence-corrected chi connectivity index (χ0v) is 12.0. The highest BCUT2D eigenvalue weighted by Gasteiger charge is 2.39. The molecule has 2 heterocycles. The first-order valence-corrected chi connectivity index (χ1v) is 7.09. The average molecular weight is 272 g/mol. The van der Waals surface area contributed by atoms with E-state index in [1.807, 2.05) is 6.07 Å². The van der Waals surface area contributed by atoms with Gasteiger partial charge in [0.25, 0.3) is 0 Å². The molecule has 0 radical (unpaired) electrons. The first-order valence-electron chi connectivity index (χ1n) is 7.09. The minimum Gasteiger partial charge on any atom is -0.478 e. The third kappa shape index (κ3) is 2.55. The fourth-order valence-corrected chi connectivity index (χ4v) is 2.55. The van der Waals surface area contributed by atoms with Crippen molar-refractivity contribution in [2.75, 3.05) is 19.8 Å². The van der Waals surface area contributed by atoms with Crippen LogP contribution in [-0.4, -0.2) is 37.6 Å². The Bertz CT molecular complexity index is 535. The van der Waals surface area contributed by atoms with E-state index in [0.717, 1.165) is 24.8 Å². The normalized spacial score (nSPS) is 22.0. The van der Waals surface area contributed by atoms with E-state index < -0.39 is 0 Å². The molecule has 0 aliphatic carbocycles. The van der Waals surface area contributed by atoms with Crippen LogP contribution in [0, 0.1) is 5.41 Å². The molecule has 20 heavy (non-hydrogen) atoms. The number of hydrogen-bond acceptors (Lipinski definition) is 4. The summed E-state index contributed by atoms with van der Waals surface area (Å²) in [6, 6.07) is 10.6. The predicted molar refractivity (Wildman–Crippen MR) is 79.4 cm³/mol. The predicted octanol–water partition coefficient (Wildman–Crippen LogP) is 2.48. The number of benzene rings is 1. The summed E-state index contributed by atoms with van der Waals surface area (Å²) >= 11 is 0. The Labute approximate surface area is 119 Å². The summed E-state index contributed by atoms with van der Waals surface area (Å²) < 4.78 is 11.4. The Hall–Kier alpha value is -1.84. The second-order valence-electron chi connectivity index (χ2n) is 5.75. The number of rotatable bonds is 4. The van der Waals surface area contributed by atoms with Crippen molar-refractivity contribution in [2.45, 2.75) is 26.3 Å². The zero-order valence-electron chi connectivity index (χ0n) is 12.0. The van der Waals surface area contributed by atoms with Crippen LogP contribution in [0.5, 0.6) is 0 Å². The zero-order chi connectivity index (χ0) is 14.0. The smallest absolute Gasteiger partial charge is 0.199 e. The molecule has 1 atom stereocenters. The summed E-state index contributed by atoms with van der Waals surface area (Å²) in [6.07, 6.45) is 0.910. The molecule has 0 spiro atoms. The summed E-state index contributed by atoms with van der Waals surface area (Å²) in [7, 11) is 0. The molecule has 0 saturated carbocycles. The minimum absolute atomic E-state index is 0.189. The van der Waals surface area contributed by atoms with Crippen molar-refractivity contribution in [3.05, 3.63) is 35.9 Å². The third-order valence-electron chi connectivity index (χ3n) is 3.68. The lowest BCUT2D eigenvalue weighted by Gasteiger charge is -2.22. The van der Waals surface area contributed by atoms with Gasteiger partial charge in [-0.1, -0.05) is 30.3 Å². The van der Waals surface area contributed by atoms with E-state index >= 15 is 0 Å². The lowest BCUT2D eigenvalue weighted by Crippen LogP contribution is -2.34. The average Bonchev–Trinajstić information content (AvgIpc) is 3.11. The summed E-state index contributed by atoms with van der Waals surface area (Å²) in [5, 5.41) is 0. The maximum Gasteiger partial charge on any atom is 0.199 e. The standard InChI is InChI=1S/C16H20N2O2/c1-16(2,14-17-8-9-19-14)15-18-13(11-20-15)10-12-6-4-3-5-7-12/h3-7,13H,8-11H2,1-2H3. The van der Waals surface area contributed by atoms with E-state index in [1.54, 1.807) is 0 Å². The van der Waals surface area contributed by atoms with E-state index in [0.29, 0.717) is 13.2 Å². The molecule has 4 nitrogen and oxygen atoms in total. The van der Waals surface area contributed by atoms with Crippen LogP contribution < -0.4 is 0 Å². The van der Waals surface area contributed by atoms with Crippen LogP contribution in [0.25, 0.3) is 0 Å². The van der Waals surface area contributed by atoms with Gasteiger partial charge in [-0.25, -0.2) is 4.99 Å². The molecule has 0 aromatic heterocycles. The van der Waals surface area contributed by atoms with Gasteiger partial charge in [-0.3, -0.25) is 4.99 Å². The number of aliphatic imine (C=N–C) groups is 2. The Morgan fingerprint density at radius 1 is 1.15 bits per heavy atom. The van der Waals surface area contributed by atoms with E-state index in [2.05, 4.69) is 43.1 Å². The van der Waals surface area contributed by atoms with Gasteiger partial charge >= 0.3 is 0 Å². The van der Waals surface area contributed by atoms with Gasteiger partial charge in [-0.05, 0) is 25.8 Å². The molecule has 2 aliphatic rings. The first kappa shape index (κ1) is 13.2. The molecule has 1 aromatic rings. The summed E-state index contributed by atoms with van der Waals surface area (Å²) in [6.45, 7) is 6.15. The maximum atomic E-state index is 5.80.